The van der Waals surface area contributed by atoms with E-state index in [1.165, 1.54) is 167 Å². The van der Waals surface area contributed by atoms with E-state index in [0.717, 1.165) is 70.6 Å². The van der Waals surface area contributed by atoms with Crippen molar-refractivity contribution in [1.82, 2.24) is 0 Å². The van der Waals surface area contributed by atoms with Crippen LogP contribution in [0, 0.1) is 0 Å². The highest BCUT2D eigenvalue weighted by atomic mass is 16.5. The van der Waals surface area contributed by atoms with E-state index in [2.05, 4.69) is 38.2 Å². The quantitative estimate of drug-likeness (QED) is 0.0385. The summed E-state index contributed by atoms with van der Waals surface area (Å²) < 4.78 is 6.04. The van der Waals surface area contributed by atoms with Crippen LogP contribution < -0.4 is 0 Å². The van der Waals surface area contributed by atoms with Gasteiger partial charge in [-0.15, -0.1) is 0 Å². The summed E-state index contributed by atoms with van der Waals surface area (Å²) in [6.07, 6.45) is 56.4. The molecule has 0 fully saturated rings. The van der Waals surface area contributed by atoms with Crippen molar-refractivity contribution in [1.29, 1.82) is 0 Å². The molecule has 4 heteroatoms. The first-order valence-corrected chi connectivity index (χ1v) is 23.3. The third-order valence-corrected chi connectivity index (χ3v) is 10.7. The summed E-state index contributed by atoms with van der Waals surface area (Å²) in [6, 6.07) is 0. The molecule has 0 heterocycles. The van der Waals surface area contributed by atoms with Crippen LogP contribution in [0.2, 0.25) is 0 Å². The van der Waals surface area contributed by atoms with Gasteiger partial charge in [-0.25, -0.2) is 0 Å². The van der Waals surface area contributed by atoms with Gasteiger partial charge in [0, 0.05) is 12.8 Å². The Kier molecular flexibility index (Phi) is 42.5. The molecule has 0 saturated heterocycles. The van der Waals surface area contributed by atoms with Gasteiger partial charge < -0.3 is 9.84 Å². The van der Waals surface area contributed by atoms with Crippen molar-refractivity contribution in [3.63, 3.8) is 0 Å². The fourth-order valence-corrected chi connectivity index (χ4v) is 7.22. The number of hydrogen-bond acceptors (Lipinski definition) is 3. The second-order valence-corrected chi connectivity index (χ2v) is 15.9. The number of allylic oxidation sites excluding steroid dienone is 4. The lowest BCUT2D eigenvalue weighted by molar-refractivity contribution is -0.150. The van der Waals surface area contributed by atoms with E-state index in [9.17, 15) is 9.59 Å². The predicted octanol–water partition coefficient (Wildman–Crippen LogP) is 16.3. The molecule has 0 rings (SSSR count). The van der Waals surface area contributed by atoms with Gasteiger partial charge in [-0.1, -0.05) is 205 Å². The normalized spacial score (nSPS) is 12.3. The third-order valence-electron chi connectivity index (χ3n) is 10.7. The Labute approximate surface area is 325 Å². The fourth-order valence-electron chi connectivity index (χ4n) is 7.22. The summed E-state index contributed by atoms with van der Waals surface area (Å²) in [5.74, 6) is -0.694. The lowest BCUT2D eigenvalue weighted by atomic mass is 10.0. The van der Waals surface area contributed by atoms with Crippen molar-refractivity contribution >= 4 is 11.9 Å². The highest BCUT2D eigenvalue weighted by Crippen LogP contribution is 2.19. The molecule has 0 aromatic rings. The SMILES string of the molecule is CCCCCCC/C=C\C/C=C\CCCCCCCCCCCC(=O)OC(CCCCCCCCCCCCCCC)CCCCCCCC(=O)O. The number of aliphatic carboxylic acids is 1. The summed E-state index contributed by atoms with van der Waals surface area (Å²) in [4.78, 5) is 23.5. The number of carboxylic acid groups (broad SMARTS) is 1. The first kappa shape index (κ1) is 50.4. The zero-order valence-corrected chi connectivity index (χ0v) is 35.1. The fraction of sp³-hybridized carbons (Fsp3) is 0.875. The molecule has 52 heavy (non-hydrogen) atoms. The van der Waals surface area contributed by atoms with E-state index in [1.807, 2.05) is 0 Å². The molecule has 1 atom stereocenters. The zero-order valence-electron chi connectivity index (χ0n) is 35.1. The van der Waals surface area contributed by atoms with Crippen LogP contribution >= 0.6 is 0 Å². The Hall–Kier alpha value is -1.58. The van der Waals surface area contributed by atoms with E-state index in [-0.39, 0.29) is 18.5 Å². The predicted molar refractivity (Wildman–Crippen MR) is 227 cm³/mol. The second-order valence-electron chi connectivity index (χ2n) is 15.9. The summed E-state index contributed by atoms with van der Waals surface area (Å²) in [5.41, 5.74) is 0. The summed E-state index contributed by atoms with van der Waals surface area (Å²) in [6.45, 7) is 4.56. The largest absolute Gasteiger partial charge is 0.481 e. The van der Waals surface area contributed by atoms with Gasteiger partial charge in [0.15, 0.2) is 0 Å². The van der Waals surface area contributed by atoms with Crippen molar-refractivity contribution in [2.24, 2.45) is 0 Å². The van der Waals surface area contributed by atoms with Crippen LogP contribution in [-0.2, 0) is 14.3 Å². The van der Waals surface area contributed by atoms with Gasteiger partial charge in [0.2, 0.25) is 0 Å². The first-order valence-electron chi connectivity index (χ1n) is 23.3. The van der Waals surface area contributed by atoms with Crippen LogP contribution in [-0.4, -0.2) is 23.1 Å². The Bertz CT molecular complexity index is 787. The molecule has 0 aromatic carbocycles. The lowest BCUT2D eigenvalue weighted by Gasteiger charge is -2.18. The summed E-state index contributed by atoms with van der Waals surface area (Å²) in [7, 11) is 0. The number of carbonyl (C=O) groups excluding carboxylic acids is 1. The molecule has 0 aromatic heterocycles. The molecule has 0 aliphatic heterocycles. The molecule has 0 amide bonds. The minimum Gasteiger partial charge on any atom is -0.481 e. The second kappa shape index (κ2) is 43.8. The molecule has 1 unspecified atom stereocenters. The van der Waals surface area contributed by atoms with Gasteiger partial charge in [-0.3, -0.25) is 9.59 Å². The zero-order chi connectivity index (χ0) is 37.8. The Morgan fingerprint density at radius 2 is 0.750 bits per heavy atom. The van der Waals surface area contributed by atoms with Gasteiger partial charge in [-0.05, 0) is 70.6 Å². The number of carbonyl (C=O) groups is 2. The Morgan fingerprint density at radius 1 is 0.423 bits per heavy atom. The molecule has 0 radical (unpaired) electrons. The molecular weight excluding hydrogens is 641 g/mol. The number of rotatable bonds is 43. The minimum absolute atomic E-state index is 0.00373. The van der Waals surface area contributed by atoms with Crippen LogP contribution in [0.1, 0.15) is 264 Å². The Morgan fingerprint density at radius 3 is 1.13 bits per heavy atom. The summed E-state index contributed by atoms with van der Waals surface area (Å²) >= 11 is 0. The van der Waals surface area contributed by atoms with Crippen molar-refractivity contribution in [3.05, 3.63) is 24.3 Å². The van der Waals surface area contributed by atoms with Gasteiger partial charge in [0.1, 0.15) is 6.10 Å². The van der Waals surface area contributed by atoms with E-state index in [4.69, 9.17) is 9.84 Å². The molecule has 0 aliphatic carbocycles. The lowest BCUT2D eigenvalue weighted by Crippen LogP contribution is -2.18. The first-order chi connectivity index (χ1) is 25.6. The van der Waals surface area contributed by atoms with Gasteiger partial charge in [0.25, 0.3) is 0 Å². The van der Waals surface area contributed by atoms with Gasteiger partial charge in [-0.2, -0.15) is 0 Å². The smallest absolute Gasteiger partial charge is 0.306 e. The maximum atomic E-state index is 12.7. The highest BCUT2D eigenvalue weighted by molar-refractivity contribution is 5.69. The molecule has 0 spiro atoms. The van der Waals surface area contributed by atoms with E-state index in [0.29, 0.717) is 6.42 Å². The third kappa shape index (κ3) is 42.8. The van der Waals surface area contributed by atoms with E-state index < -0.39 is 5.97 Å². The van der Waals surface area contributed by atoms with Crippen LogP contribution in [0.25, 0.3) is 0 Å². The van der Waals surface area contributed by atoms with E-state index >= 15 is 0 Å². The molecule has 306 valence electrons. The maximum Gasteiger partial charge on any atom is 0.306 e. The molecule has 1 N–H and O–H groups in total. The molecular formula is C48H90O4. The molecule has 4 nitrogen and oxygen atoms in total. The number of esters is 1. The topological polar surface area (TPSA) is 63.6 Å². The number of ether oxygens (including phenoxy) is 1. The maximum absolute atomic E-state index is 12.7. The minimum atomic E-state index is -0.698. The van der Waals surface area contributed by atoms with Crippen LogP contribution in [0.3, 0.4) is 0 Å². The summed E-state index contributed by atoms with van der Waals surface area (Å²) in [5, 5.41) is 8.85. The average molecular weight is 731 g/mol. The average Bonchev–Trinajstić information content (AvgIpc) is 3.13. The monoisotopic (exact) mass is 731 g/mol. The number of unbranched alkanes of at least 4 members (excludes halogenated alkanes) is 30. The Balaban J connectivity index is 3.93. The standard InChI is InChI=1S/C48H90O4/c1-3-5-7-9-11-13-15-17-18-19-20-21-22-23-24-26-28-30-32-37-41-45-48(51)52-46(43-39-35-33-36-40-44-47(49)50)42-38-34-31-29-27-25-16-14-12-10-8-6-4-2/h15,17,19-20,46H,3-14,16,18,21-45H2,1-2H3,(H,49,50)/b17-15-,20-19-. The molecule has 0 bridgehead atoms. The highest BCUT2D eigenvalue weighted by Gasteiger charge is 2.14. The molecule has 0 saturated carbocycles. The number of carboxylic acids is 1. The van der Waals surface area contributed by atoms with Crippen LogP contribution in [0.4, 0.5) is 0 Å². The van der Waals surface area contributed by atoms with Crippen LogP contribution in [0.15, 0.2) is 24.3 Å². The van der Waals surface area contributed by atoms with Crippen molar-refractivity contribution in [2.75, 3.05) is 0 Å². The van der Waals surface area contributed by atoms with Gasteiger partial charge in [0.05, 0.1) is 0 Å². The van der Waals surface area contributed by atoms with Crippen LogP contribution in [0.5, 0.6) is 0 Å². The van der Waals surface area contributed by atoms with Crippen molar-refractivity contribution in [3.8, 4) is 0 Å². The number of hydrogen-bond donors (Lipinski definition) is 1. The molecule has 0 aliphatic rings. The van der Waals surface area contributed by atoms with E-state index in [1.54, 1.807) is 0 Å². The van der Waals surface area contributed by atoms with Gasteiger partial charge >= 0.3 is 11.9 Å². The van der Waals surface area contributed by atoms with Crippen molar-refractivity contribution < 1.29 is 19.4 Å². The van der Waals surface area contributed by atoms with Crippen molar-refractivity contribution in [2.45, 2.75) is 270 Å².